The van der Waals surface area contributed by atoms with Crippen molar-refractivity contribution >= 4 is 5.91 Å². The first-order valence-electron chi connectivity index (χ1n) is 6.85. The molecule has 1 saturated carbocycles. The SMILES string of the molecule is O=C1N[C@H]2[C@@H](O)[C@H](O)[C@H](O)C[C@H]2c2cc3c(cc21)OCO3. The van der Waals surface area contributed by atoms with Crippen LogP contribution < -0.4 is 14.8 Å². The molecule has 4 N–H and O–H groups in total. The van der Waals surface area contributed by atoms with E-state index in [0.29, 0.717) is 22.6 Å². The van der Waals surface area contributed by atoms with E-state index in [-0.39, 0.29) is 25.0 Å². The third kappa shape index (κ3) is 1.75. The van der Waals surface area contributed by atoms with E-state index in [1.165, 1.54) is 0 Å². The van der Waals surface area contributed by atoms with Crippen molar-refractivity contribution in [2.75, 3.05) is 6.79 Å². The van der Waals surface area contributed by atoms with Crippen LogP contribution in [0.2, 0.25) is 0 Å². The van der Waals surface area contributed by atoms with Crippen LogP contribution in [0.25, 0.3) is 0 Å². The Morgan fingerprint density at radius 2 is 1.81 bits per heavy atom. The summed E-state index contributed by atoms with van der Waals surface area (Å²) in [7, 11) is 0. The number of amides is 1. The third-order valence-electron chi connectivity index (χ3n) is 4.53. The van der Waals surface area contributed by atoms with Crippen LogP contribution in [0.5, 0.6) is 11.5 Å². The molecule has 112 valence electrons. The van der Waals surface area contributed by atoms with Gasteiger partial charge in [-0.05, 0) is 24.1 Å². The van der Waals surface area contributed by atoms with Crippen molar-refractivity contribution in [3.8, 4) is 11.5 Å². The van der Waals surface area contributed by atoms with Gasteiger partial charge in [0, 0.05) is 11.5 Å². The van der Waals surface area contributed by atoms with Gasteiger partial charge in [0.25, 0.3) is 5.91 Å². The molecule has 1 amide bonds. The van der Waals surface area contributed by atoms with Gasteiger partial charge in [0.15, 0.2) is 11.5 Å². The van der Waals surface area contributed by atoms with E-state index in [9.17, 15) is 20.1 Å². The molecule has 0 spiro atoms. The molecular weight excluding hydrogens is 278 g/mol. The Morgan fingerprint density at radius 3 is 2.57 bits per heavy atom. The van der Waals surface area contributed by atoms with E-state index >= 15 is 0 Å². The van der Waals surface area contributed by atoms with Crippen LogP contribution in [0.4, 0.5) is 0 Å². The third-order valence-corrected chi connectivity index (χ3v) is 4.53. The van der Waals surface area contributed by atoms with Gasteiger partial charge in [-0.3, -0.25) is 4.79 Å². The average Bonchev–Trinajstić information content (AvgIpc) is 2.92. The molecule has 0 saturated heterocycles. The second kappa shape index (κ2) is 4.33. The van der Waals surface area contributed by atoms with Gasteiger partial charge >= 0.3 is 0 Å². The second-order valence-electron chi connectivity index (χ2n) is 5.68. The first-order valence-corrected chi connectivity index (χ1v) is 6.85. The summed E-state index contributed by atoms with van der Waals surface area (Å²) in [5.41, 5.74) is 1.16. The predicted molar refractivity (Wildman–Crippen MR) is 69.2 cm³/mol. The summed E-state index contributed by atoms with van der Waals surface area (Å²) in [6.07, 6.45) is -3.24. The van der Waals surface area contributed by atoms with Crippen molar-refractivity contribution in [1.29, 1.82) is 0 Å². The molecule has 1 fully saturated rings. The largest absolute Gasteiger partial charge is 0.454 e. The highest BCUT2D eigenvalue weighted by Gasteiger charge is 2.47. The summed E-state index contributed by atoms with van der Waals surface area (Å²) in [6.45, 7) is 0.109. The summed E-state index contributed by atoms with van der Waals surface area (Å²) in [5.74, 6) is 0.462. The first-order chi connectivity index (χ1) is 10.1. The van der Waals surface area contributed by atoms with E-state index < -0.39 is 24.4 Å². The summed E-state index contributed by atoms with van der Waals surface area (Å²) < 4.78 is 10.6. The van der Waals surface area contributed by atoms with Crippen LogP contribution in [0, 0.1) is 0 Å². The quantitative estimate of drug-likeness (QED) is 0.493. The molecular formula is C14H15NO6. The lowest BCUT2D eigenvalue weighted by Gasteiger charge is -2.44. The first kappa shape index (κ1) is 12.9. The molecule has 0 unspecified atom stereocenters. The lowest BCUT2D eigenvalue weighted by atomic mass is 9.72. The number of carbonyl (C=O) groups excluding carboxylic acids is 1. The predicted octanol–water partition coefficient (Wildman–Crippen LogP) is -0.903. The molecule has 0 radical (unpaired) electrons. The molecule has 3 aliphatic rings. The Hall–Kier alpha value is -1.83. The molecule has 1 aromatic rings. The Bertz CT molecular complexity index is 618. The highest BCUT2D eigenvalue weighted by molar-refractivity contribution is 5.98. The minimum Gasteiger partial charge on any atom is -0.454 e. The smallest absolute Gasteiger partial charge is 0.252 e. The van der Waals surface area contributed by atoms with E-state index in [1.807, 2.05) is 0 Å². The highest BCUT2D eigenvalue weighted by atomic mass is 16.7. The second-order valence-corrected chi connectivity index (χ2v) is 5.68. The standard InChI is InChI=1S/C14H15NO6/c16-8-1-6-5-2-9-10(21-4-20-9)3-7(5)14(19)15-11(6)13(18)12(8)17/h2-3,6,8,11-13,16-18H,1,4H2,(H,15,19)/t6-,8+,11+,12+,13+/m0/s1. The number of nitrogens with one attached hydrogen (secondary N) is 1. The Balaban J connectivity index is 1.82. The number of aliphatic hydroxyl groups is 3. The topological polar surface area (TPSA) is 108 Å². The summed E-state index contributed by atoms with van der Waals surface area (Å²) in [4.78, 5) is 12.2. The molecule has 1 aromatic carbocycles. The molecule has 21 heavy (non-hydrogen) atoms. The lowest BCUT2D eigenvalue weighted by molar-refractivity contribution is -0.104. The Morgan fingerprint density at radius 1 is 1.10 bits per heavy atom. The Labute approximate surface area is 120 Å². The van der Waals surface area contributed by atoms with Crippen molar-refractivity contribution < 1.29 is 29.6 Å². The molecule has 4 rings (SSSR count). The Kier molecular flexibility index (Phi) is 2.66. The van der Waals surface area contributed by atoms with E-state index in [4.69, 9.17) is 9.47 Å². The van der Waals surface area contributed by atoms with Gasteiger partial charge in [0.1, 0.15) is 12.2 Å². The van der Waals surface area contributed by atoms with Gasteiger partial charge in [-0.25, -0.2) is 0 Å². The minimum atomic E-state index is -1.26. The summed E-state index contributed by atoms with van der Waals surface area (Å²) >= 11 is 0. The maximum Gasteiger partial charge on any atom is 0.252 e. The van der Waals surface area contributed by atoms with E-state index in [1.54, 1.807) is 12.1 Å². The fourth-order valence-corrected chi connectivity index (χ4v) is 3.42. The molecule has 0 bridgehead atoms. The molecule has 7 nitrogen and oxygen atoms in total. The van der Waals surface area contributed by atoms with Crippen molar-refractivity contribution in [2.24, 2.45) is 0 Å². The molecule has 5 atom stereocenters. The lowest BCUT2D eigenvalue weighted by Crippen LogP contribution is -2.61. The zero-order valence-electron chi connectivity index (χ0n) is 11.0. The van der Waals surface area contributed by atoms with Gasteiger partial charge in [0.2, 0.25) is 6.79 Å². The number of hydrogen-bond acceptors (Lipinski definition) is 6. The molecule has 2 heterocycles. The zero-order chi connectivity index (χ0) is 14.7. The van der Waals surface area contributed by atoms with Crippen molar-refractivity contribution in [1.82, 2.24) is 5.32 Å². The highest BCUT2D eigenvalue weighted by Crippen LogP contribution is 2.43. The van der Waals surface area contributed by atoms with Gasteiger partial charge in [0.05, 0.1) is 12.1 Å². The maximum absolute atomic E-state index is 12.2. The number of benzene rings is 1. The number of rotatable bonds is 0. The zero-order valence-corrected chi connectivity index (χ0v) is 11.0. The van der Waals surface area contributed by atoms with Crippen molar-refractivity contribution in [3.63, 3.8) is 0 Å². The van der Waals surface area contributed by atoms with E-state index in [2.05, 4.69) is 5.32 Å². The van der Waals surface area contributed by atoms with Crippen molar-refractivity contribution in [2.45, 2.75) is 36.7 Å². The number of ether oxygens (including phenoxy) is 2. The normalized spacial score (nSPS) is 36.7. The fourth-order valence-electron chi connectivity index (χ4n) is 3.42. The monoisotopic (exact) mass is 293 g/mol. The molecule has 2 aliphatic heterocycles. The van der Waals surface area contributed by atoms with Crippen LogP contribution in [0.3, 0.4) is 0 Å². The molecule has 7 heteroatoms. The maximum atomic E-state index is 12.2. The summed E-state index contributed by atoms with van der Waals surface area (Å²) in [5, 5.41) is 32.5. The number of fused-ring (bicyclic) bond motifs is 4. The van der Waals surface area contributed by atoms with Crippen LogP contribution in [0.1, 0.15) is 28.3 Å². The molecule has 0 aromatic heterocycles. The van der Waals surface area contributed by atoms with Crippen LogP contribution in [-0.2, 0) is 0 Å². The van der Waals surface area contributed by atoms with Gasteiger partial charge < -0.3 is 30.1 Å². The number of aliphatic hydroxyl groups excluding tert-OH is 3. The fraction of sp³-hybridized carbons (Fsp3) is 0.500. The number of carbonyl (C=O) groups is 1. The van der Waals surface area contributed by atoms with Gasteiger partial charge in [-0.2, -0.15) is 0 Å². The van der Waals surface area contributed by atoms with Crippen LogP contribution in [-0.4, -0.2) is 52.4 Å². The van der Waals surface area contributed by atoms with E-state index in [0.717, 1.165) is 0 Å². The minimum absolute atomic E-state index is 0.109. The van der Waals surface area contributed by atoms with Crippen LogP contribution in [0.15, 0.2) is 12.1 Å². The number of hydrogen-bond donors (Lipinski definition) is 4. The van der Waals surface area contributed by atoms with Gasteiger partial charge in [-0.15, -0.1) is 0 Å². The van der Waals surface area contributed by atoms with Crippen LogP contribution >= 0.6 is 0 Å². The van der Waals surface area contributed by atoms with Gasteiger partial charge in [-0.1, -0.05) is 0 Å². The summed E-state index contributed by atoms with van der Waals surface area (Å²) in [6, 6.07) is 2.72. The molecule has 1 aliphatic carbocycles. The average molecular weight is 293 g/mol. The van der Waals surface area contributed by atoms with Crippen molar-refractivity contribution in [3.05, 3.63) is 23.3 Å².